The van der Waals surface area contributed by atoms with Gasteiger partial charge in [-0.3, -0.25) is 4.79 Å². The lowest BCUT2D eigenvalue weighted by atomic mass is 10.1. The first kappa shape index (κ1) is 14.2. The molecule has 0 radical (unpaired) electrons. The van der Waals surface area contributed by atoms with Gasteiger partial charge in [-0.1, -0.05) is 54.1 Å². The van der Waals surface area contributed by atoms with Crippen LogP contribution in [0.15, 0.2) is 48.5 Å². The smallest absolute Gasteiger partial charge is 0.172 e. The normalized spacial score (nSPS) is 10.4. The highest BCUT2D eigenvalue weighted by atomic mass is 35.5. The molecule has 0 aliphatic rings. The van der Waals surface area contributed by atoms with Gasteiger partial charge in [0.15, 0.2) is 5.78 Å². The molecular formula is C16H15ClOS. The molecule has 0 bridgehead atoms. The number of hydrogen-bond acceptors (Lipinski definition) is 2. The van der Waals surface area contributed by atoms with Crippen molar-refractivity contribution in [2.75, 3.05) is 5.75 Å². The van der Waals surface area contributed by atoms with E-state index in [1.165, 1.54) is 0 Å². The van der Waals surface area contributed by atoms with Gasteiger partial charge in [0.05, 0.1) is 5.75 Å². The van der Waals surface area contributed by atoms with Gasteiger partial charge in [0, 0.05) is 16.3 Å². The predicted octanol–water partition coefficient (Wildman–Crippen LogP) is 4.76. The molecule has 0 amide bonds. The van der Waals surface area contributed by atoms with Crippen LogP contribution in [-0.4, -0.2) is 11.5 Å². The minimum Gasteiger partial charge on any atom is -0.293 e. The SMILES string of the molecule is Cc1ccccc1C(=O)CSCc1ccccc1Cl. The van der Waals surface area contributed by atoms with E-state index in [0.29, 0.717) is 5.75 Å². The lowest BCUT2D eigenvalue weighted by molar-refractivity contribution is 0.102. The number of benzene rings is 2. The fourth-order valence-electron chi connectivity index (χ4n) is 1.83. The fourth-order valence-corrected chi connectivity index (χ4v) is 3.03. The molecule has 1 nitrogen and oxygen atoms in total. The molecule has 0 spiro atoms. The van der Waals surface area contributed by atoms with Crippen molar-refractivity contribution in [3.8, 4) is 0 Å². The molecule has 2 aromatic carbocycles. The summed E-state index contributed by atoms with van der Waals surface area (Å²) in [7, 11) is 0. The van der Waals surface area contributed by atoms with Crippen LogP contribution in [-0.2, 0) is 5.75 Å². The molecule has 0 saturated heterocycles. The molecular weight excluding hydrogens is 276 g/mol. The minimum absolute atomic E-state index is 0.176. The van der Waals surface area contributed by atoms with Crippen LogP contribution in [0.3, 0.4) is 0 Å². The summed E-state index contributed by atoms with van der Waals surface area (Å²) in [6.07, 6.45) is 0. The van der Waals surface area contributed by atoms with Gasteiger partial charge in [0.1, 0.15) is 0 Å². The first-order valence-corrected chi connectivity index (χ1v) is 7.61. The van der Waals surface area contributed by atoms with Crippen molar-refractivity contribution < 1.29 is 4.79 Å². The van der Waals surface area contributed by atoms with Gasteiger partial charge in [-0.05, 0) is 24.1 Å². The van der Waals surface area contributed by atoms with Crippen molar-refractivity contribution in [3.05, 3.63) is 70.2 Å². The lowest BCUT2D eigenvalue weighted by Crippen LogP contribution is -2.04. The number of thioether (sulfide) groups is 1. The van der Waals surface area contributed by atoms with Crippen LogP contribution < -0.4 is 0 Å². The Balaban J connectivity index is 1.92. The van der Waals surface area contributed by atoms with Gasteiger partial charge < -0.3 is 0 Å². The quantitative estimate of drug-likeness (QED) is 0.738. The zero-order valence-electron chi connectivity index (χ0n) is 10.7. The molecule has 0 aliphatic heterocycles. The third-order valence-corrected chi connectivity index (χ3v) is 4.24. The van der Waals surface area contributed by atoms with Crippen molar-refractivity contribution >= 4 is 29.1 Å². The van der Waals surface area contributed by atoms with Gasteiger partial charge in [-0.25, -0.2) is 0 Å². The molecule has 0 atom stereocenters. The maximum atomic E-state index is 12.1. The van der Waals surface area contributed by atoms with Gasteiger partial charge in [-0.15, -0.1) is 11.8 Å². The fraction of sp³-hybridized carbons (Fsp3) is 0.188. The first-order valence-electron chi connectivity index (χ1n) is 6.08. The van der Waals surface area contributed by atoms with E-state index in [0.717, 1.165) is 27.5 Å². The van der Waals surface area contributed by atoms with Crippen molar-refractivity contribution in [1.82, 2.24) is 0 Å². The van der Waals surface area contributed by atoms with E-state index in [2.05, 4.69) is 0 Å². The summed E-state index contributed by atoms with van der Waals surface area (Å²) in [6.45, 7) is 1.96. The summed E-state index contributed by atoms with van der Waals surface area (Å²) in [5, 5.41) is 0.762. The number of Topliss-reactive ketones (excluding diaryl/α,β-unsaturated/α-hetero) is 1. The third kappa shape index (κ3) is 3.85. The summed E-state index contributed by atoms with van der Waals surface area (Å²) in [5.74, 6) is 1.42. The number of carbonyl (C=O) groups is 1. The highest BCUT2D eigenvalue weighted by molar-refractivity contribution is 7.99. The van der Waals surface area contributed by atoms with Crippen molar-refractivity contribution in [2.24, 2.45) is 0 Å². The number of halogens is 1. The number of hydrogen-bond donors (Lipinski definition) is 0. The Hall–Kier alpha value is -1.25. The van der Waals surface area contributed by atoms with Crippen LogP contribution in [0.1, 0.15) is 21.5 Å². The Morgan fingerprint density at radius 3 is 2.53 bits per heavy atom. The Bertz CT molecular complexity index is 580. The standard InChI is InChI=1S/C16H15ClOS/c1-12-6-2-4-8-14(12)16(18)11-19-10-13-7-3-5-9-15(13)17/h2-9H,10-11H2,1H3. The molecule has 0 unspecified atom stereocenters. The largest absolute Gasteiger partial charge is 0.293 e. The summed E-state index contributed by atoms with van der Waals surface area (Å²) in [5.41, 5.74) is 2.92. The van der Waals surface area contributed by atoms with E-state index in [-0.39, 0.29) is 5.78 Å². The molecule has 0 N–H and O–H groups in total. The maximum Gasteiger partial charge on any atom is 0.172 e. The van der Waals surface area contributed by atoms with Crippen LogP contribution in [0, 0.1) is 6.92 Å². The van der Waals surface area contributed by atoms with Gasteiger partial charge in [-0.2, -0.15) is 0 Å². The molecule has 2 rings (SSSR count). The van der Waals surface area contributed by atoms with E-state index in [1.807, 2.05) is 55.5 Å². The summed E-state index contributed by atoms with van der Waals surface area (Å²) in [6, 6.07) is 15.4. The minimum atomic E-state index is 0.176. The molecule has 3 heteroatoms. The maximum absolute atomic E-state index is 12.1. The van der Waals surface area contributed by atoms with Crippen LogP contribution in [0.2, 0.25) is 5.02 Å². The summed E-state index contributed by atoms with van der Waals surface area (Å²) < 4.78 is 0. The average molecular weight is 291 g/mol. The molecule has 0 fully saturated rings. The molecule has 2 aromatic rings. The second-order valence-electron chi connectivity index (χ2n) is 4.32. The third-order valence-electron chi connectivity index (χ3n) is 2.89. The highest BCUT2D eigenvalue weighted by Gasteiger charge is 2.08. The Labute approximate surface area is 123 Å². The van der Waals surface area contributed by atoms with E-state index in [9.17, 15) is 4.79 Å². The Kier molecular flexibility index (Phi) is 5.06. The number of carbonyl (C=O) groups excluding carboxylic acids is 1. The van der Waals surface area contributed by atoms with Gasteiger partial charge in [0.2, 0.25) is 0 Å². The second kappa shape index (κ2) is 6.78. The van der Waals surface area contributed by atoms with Gasteiger partial charge in [0.25, 0.3) is 0 Å². The van der Waals surface area contributed by atoms with E-state index in [1.54, 1.807) is 11.8 Å². The van der Waals surface area contributed by atoms with Crippen LogP contribution in [0.5, 0.6) is 0 Å². The number of rotatable bonds is 5. The molecule has 0 aromatic heterocycles. The first-order chi connectivity index (χ1) is 9.18. The van der Waals surface area contributed by atoms with Crippen LogP contribution >= 0.6 is 23.4 Å². The van der Waals surface area contributed by atoms with Gasteiger partial charge >= 0.3 is 0 Å². The van der Waals surface area contributed by atoms with E-state index in [4.69, 9.17) is 11.6 Å². The van der Waals surface area contributed by atoms with Crippen molar-refractivity contribution in [1.29, 1.82) is 0 Å². The zero-order valence-corrected chi connectivity index (χ0v) is 12.3. The highest BCUT2D eigenvalue weighted by Crippen LogP contribution is 2.21. The van der Waals surface area contributed by atoms with Crippen molar-refractivity contribution in [2.45, 2.75) is 12.7 Å². The summed E-state index contributed by atoms with van der Waals surface area (Å²) >= 11 is 7.68. The van der Waals surface area contributed by atoms with E-state index >= 15 is 0 Å². The number of ketones is 1. The topological polar surface area (TPSA) is 17.1 Å². The average Bonchev–Trinajstić information content (AvgIpc) is 2.41. The number of aryl methyl sites for hydroxylation is 1. The summed E-state index contributed by atoms with van der Waals surface area (Å²) in [4.78, 5) is 12.1. The van der Waals surface area contributed by atoms with Crippen molar-refractivity contribution in [3.63, 3.8) is 0 Å². The molecule has 0 saturated carbocycles. The molecule has 98 valence electrons. The zero-order chi connectivity index (χ0) is 13.7. The van der Waals surface area contributed by atoms with E-state index < -0.39 is 0 Å². The van der Waals surface area contributed by atoms with Crippen LogP contribution in [0.4, 0.5) is 0 Å². The monoisotopic (exact) mass is 290 g/mol. The molecule has 0 heterocycles. The lowest BCUT2D eigenvalue weighted by Gasteiger charge is -2.05. The Morgan fingerprint density at radius 2 is 1.79 bits per heavy atom. The second-order valence-corrected chi connectivity index (χ2v) is 5.72. The molecule has 0 aliphatic carbocycles. The predicted molar refractivity (Wildman–Crippen MR) is 83.1 cm³/mol. The molecule has 19 heavy (non-hydrogen) atoms. The Morgan fingerprint density at radius 1 is 1.11 bits per heavy atom. The van der Waals surface area contributed by atoms with Crippen LogP contribution in [0.25, 0.3) is 0 Å².